The predicted octanol–water partition coefficient (Wildman–Crippen LogP) is 2.27. The second-order valence-electron chi connectivity index (χ2n) is 5.44. The molecule has 0 aliphatic carbocycles. The fraction of sp³-hybridized carbons (Fsp3) is 0.917. The van der Waals surface area contributed by atoms with Crippen molar-refractivity contribution in [1.82, 2.24) is 5.32 Å². The van der Waals surface area contributed by atoms with Crippen LogP contribution in [0.15, 0.2) is 4.99 Å². The fourth-order valence-corrected chi connectivity index (χ4v) is 2.88. The average molecular weight is 242 g/mol. The lowest BCUT2D eigenvalue weighted by molar-refractivity contribution is 0.0196. The lowest BCUT2D eigenvalue weighted by atomic mass is 9.97. The number of hydrogen-bond acceptors (Lipinski definition) is 4. The van der Waals surface area contributed by atoms with Gasteiger partial charge in [0.05, 0.1) is 6.10 Å². The van der Waals surface area contributed by atoms with E-state index in [-0.39, 0.29) is 0 Å². The van der Waals surface area contributed by atoms with Gasteiger partial charge < -0.3 is 10.1 Å². The highest BCUT2D eigenvalue weighted by molar-refractivity contribution is 8.13. The van der Waals surface area contributed by atoms with Crippen LogP contribution in [0.2, 0.25) is 0 Å². The van der Waals surface area contributed by atoms with E-state index < -0.39 is 0 Å². The Labute approximate surface area is 102 Å². The summed E-state index contributed by atoms with van der Waals surface area (Å²) in [5.74, 6) is 1.16. The molecule has 1 unspecified atom stereocenters. The number of thioether (sulfide) groups is 1. The molecule has 16 heavy (non-hydrogen) atoms. The molecule has 4 heteroatoms. The van der Waals surface area contributed by atoms with Crippen LogP contribution in [0.25, 0.3) is 0 Å². The molecule has 1 N–H and O–H groups in total. The van der Waals surface area contributed by atoms with Crippen LogP contribution in [-0.4, -0.2) is 36.7 Å². The van der Waals surface area contributed by atoms with Gasteiger partial charge in [0.2, 0.25) is 0 Å². The first-order valence-corrected chi connectivity index (χ1v) is 7.17. The summed E-state index contributed by atoms with van der Waals surface area (Å²) in [6, 6.07) is 0. The highest BCUT2D eigenvalue weighted by Gasteiger charge is 2.23. The van der Waals surface area contributed by atoms with Crippen LogP contribution < -0.4 is 5.32 Å². The van der Waals surface area contributed by atoms with E-state index in [0.717, 1.165) is 30.6 Å². The first kappa shape index (κ1) is 12.2. The Morgan fingerprint density at radius 2 is 2.38 bits per heavy atom. The number of ether oxygens (including phenoxy) is 1. The van der Waals surface area contributed by atoms with Crippen LogP contribution in [0.5, 0.6) is 0 Å². The van der Waals surface area contributed by atoms with Crippen LogP contribution >= 0.6 is 11.8 Å². The average Bonchev–Trinajstić information content (AvgIpc) is 2.29. The SMILES string of the molecule is CC1(C)CN=C(NCC2CCCCO2)SC1. The molecule has 0 amide bonds. The zero-order chi connectivity index (χ0) is 11.4. The van der Waals surface area contributed by atoms with Gasteiger partial charge in [0.25, 0.3) is 0 Å². The molecule has 0 bridgehead atoms. The summed E-state index contributed by atoms with van der Waals surface area (Å²) in [6.07, 6.45) is 4.11. The van der Waals surface area contributed by atoms with Gasteiger partial charge in [-0.1, -0.05) is 25.6 Å². The van der Waals surface area contributed by atoms with Crippen molar-refractivity contribution in [2.24, 2.45) is 10.4 Å². The quantitative estimate of drug-likeness (QED) is 0.806. The zero-order valence-corrected chi connectivity index (χ0v) is 11.1. The van der Waals surface area contributed by atoms with Gasteiger partial charge in [0, 0.05) is 25.4 Å². The fourth-order valence-electron chi connectivity index (χ4n) is 1.92. The number of hydrogen-bond donors (Lipinski definition) is 1. The summed E-state index contributed by atoms with van der Waals surface area (Å²) in [5.41, 5.74) is 0.358. The largest absolute Gasteiger partial charge is 0.376 e. The molecule has 0 aromatic heterocycles. The summed E-state index contributed by atoms with van der Waals surface area (Å²) < 4.78 is 5.68. The van der Waals surface area contributed by atoms with Crippen molar-refractivity contribution in [3.63, 3.8) is 0 Å². The maximum Gasteiger partial charge on any atom is 0.156 e. The Balaban J connectivity index is 1.72. The van der Waals surface area contributed by atoms with Gasteiger partial charge in [-0.2, -0.15) is 0 Å². The lowest BCUT2D eigenvalue weighted by Gasteiger charge is -2.29. The molecule has 0 spiro atoms. The van der Waals surface area contributed by atoms with Crippen LogP contribution in [0.4, 0.5) is 0 Å². The van der Waals surface area contributed by atoms with Gasteiger partial charge in [0.1, 0.15) is 0 Å². The Kier molecular flexibility index (Phi) is 4.14. The van der Waals surface area contributed by atoms with Crippen LogP contribution in [-0.2, 0) is 4.74 Å². The number of nitrogens with one attached hydrogen (secondary N) is 1. The van der Waals surface area contributed by atoms with Crippen LogP contribution in [0, 0.1) is 5.41 Å². The Hall–Kier alpha value is -0.220. The second kappa shape index (κ2) is 5.41. The topological polar surface area (TPSA) is 33.6 Å². The predicted molar refractivity (Wildman–Crippen MR) is 70.1 cm³/mol. The summed E-state index contributed by atoms with van der Waals surface area (Å²) in [7, 11) is 0. The molecule has 2 rings (SSSR count). The van der Waals surface area contributed by atoms with E-state index in [2.05, 4.69) is 24.2 Å². The third kappa shape index (κ3) is 3.67. The molecule has 1 saturated heterocycles. The minimum atomic E-state index is 0.358. The highest BCUT2D eigenvalue weighted by Crippen LogP contribution is 2.27. The molecule has 0 saturated carbocycles. The van der Waals surface area contributed by atoms with E-state index in [1.165, 1.54) is 19.3 Å². The minimum Gasteiger partial charge on any atom is -0.376 e. The Morgan fingerprint density at radius 3 is 3.00 bits per heavy atom. The van der Waals surface area contributed by atoms with E-state index in [0.29, 0.717) is 11.5 Å². The molecule has 1 atom stereocenters. The highest BCUT2D eigenvalue weighted by atomic mass is 32.2. The molecule has 2 heterocycles. The molecule has 0 radical (unpaired) electrons. The van der Waals surface area contributed by atoms with E-state index in [1.54, 1.807) is 0 Å². The standard InChI is InChI=1S/C12H22N2OS/c1-12(2)8-14-11(16-9-12)13-7-10-5-3-4-6-15-10/h10H,3-9H2,1-2H3,(H,13,14). The van der Waals surface area contributed by atoms with Gasteiger partial charge in [0.15, 0.2) is 5.17 Å². The monoisotopic (exact) mass is 242 g/mol. The summed E-state index contributed by atoms with van der Waals surface area (Å²) in [6.45, 7) is 7.33. The number of amidine groups is 1. The molecule has 2 aliphatic rings. The van der Waals surface area contributed by atoms with Crippen molar-refractivity contribution in [3.8, 4) is 0 Å². The van der Waals surface area contributed by atoms with E-state index in [9.17, 15) is 0 Å². The first-order valence-electron chi connectivity index (χ1n) is 6.18. The second-order valence-corrected chi connectivity index (χ2v) is 6.41. The maximum atomic E-state index is 5.68. The molecule has 1 fully saturated rings. The van der Waals surface area contributed by atoms with Gasteiger partial charge in [-0.15, -0.1) is 0 Å². The van der Waals surface area contributed by atoms with Gasteiger partial charge >= 0.3 is 0 Å². The normalized spacial score (nSPS) is 29.6. The van der Waals surface area contributed by atoms with Crippen LogP contribution in [0.1, 0.15) is 33.1 Å². The van der Waals surface area contributed by atoms with Crippen molar-refractivity contribution in [2.75, 3.05) is 25.4 Å². The van der Waals surface area contributed by atoms with Gasteiger partial charge in [-0.25, -0.2) is 0 Å². The molecule has 92 valence electrons. The van der Waals surface area contributed by atoms with Crippen molar-refractivity contribution in [2.45, 2.75) is 39.2 Å². The van der Waals surface area contributed by atoms with E-state index >= 15 is 0 Å². The first-order chi connectivity index (χ1) is 7.66. The van der Waals surface area contributed by atoms with Crippen molar-refractivity contribution >= 4 is 16.9 Å². The smallest absolute Gasteiger partial charge is 0.156 e. The molecular formula is C12H22N2OS. The number of aliphatic imine (C=N–C) groups is 1. The van der Waals surface area contributed by atoms with Crippen LogP contribution in [0.3, 0.4) is 0 Å². The zero-order valence-electron chi connectivity index (χ0n) is 10.3. The van der Waals surface area contributed by atoms with E-state index in [4.69, 9.17) is 4.74 Å². The molecular weight excluding hydrogens is 220 g/mol. The van der Waals surface area contributed by atoms with Gasteiger partial charge in [-0.3, -0.25) is 4.99 Å². The summed E-state index contributed by atoms with van der Waals surface area (Å²) in [5, 5.41) is 4.52. The number of rotatable bonds is 2. The molecule has 0 aromatic rings. The van der Waals surface area contributed by atoms with Crippen molar-refractivity contribution < 1.29 is 4.74 Å². The lowest BCUT2D eigenvalue weighted by Crippen LogP contribution is -2.37. The third-order valence-electron chi connectivity index (χ3n) is 3.01. The Morgan fingerprint density at radius 1 is 1.50 bits per heavy atom. The maximum absolute atomic E-state index is 5.68. The third-order valence-corrected chi connectivity index (χ3v) is 4.48. The Bertz CT molecular complexity index is 260. The number of nitrogens with zero attached hydrogens (tertiary/aromatic N) is 1. The molecule has 3 nitrogen and oxygen atoms in total. The summed E-state index contributed by atoms with van der Waals surface area (Å²) >= 11 is 1.84. The minimum absolute atomic E-state index is 0.358. The molecule has 2 aliphatic heterocycles. The molecule has 0 aromatic carbocycles. The van der Waals surface area contributed by atoms with Crippen molar-refractivity contribution in [3.05, 3.63) is 0 Å². The van der Waals surface area contributed by atoms with Gasteiger partial charge in [-0.05, 0) is 24.7 Å². The van der Waals surface area contributed by atoms with Crippen molar-refractivity contribution in [1.29, 1.82) is 0 Å². The van der Waals surface area contributed by atoms with E-state index in [1.807, 2.05) is 11.8 Å². The summed E-state index contributed by atoms with van der Waals surface area (Å²) in [4.78, 5) is 4.58.